The number of esters is 1. The highest BCUT2D eigenvalue weighted by Crippen LogP contribution is 2.28. The van der Waals surface area contributed by atoms with Gasteiger partial charge in [-0.2, -0.15) is 0 Å². The molecule has 0 bridgehead atoms. The molecule has 1 aliphatic heterocycles. The second kappa shape index (κ2) is 5.64. The second-order valence-corrected chi connectivity index (χ2v) is 4.85. The summed E-state index contributed by atoms with van der Waals surface area (Å²) in [5.41, 5.74) is 0. The molecule has 1 saturated heterocycles. The Morgan fingerprint density at radius 2 is 2.06 bits per heavy atom. The number of methoxy groups -OCH3 is 1. The molecule has 0 aliphatic carbocycles. The first-order chi connectivity index (χ1) is 7.47. The average Bonchev–Trinajstić information content (AvgIpc) is 2.64. The van der Waals surface area contributed by atoms with Gasteiger partial charge in [0.1, 0.15) is 0 Å². The Bertz CT molecular complexity index is 239. The lowest BCUT2D eigenvalue weighted by atomic mass is 9.86. The molecular formula is C12H22O4. The van der Waals surface area contributed by atoms with Gasteiger partial charge in [0.25, 0.3) is 0 Å². The van der Waals surface area contributed by atoms with Crippen LogP contribution in [0.4, 0.5) is 0 Å². The van der Waals surface area contributed by atoms with Crippen LogP contribution in [-0.2, 0) is 14.3 Å². The van der Waals surface area contributed by atoms with E-state index in [0.29, 0.717) is 0 Å². The summed E-state index contributed by atoms with van der Waals surface area (Å²) in [7, 11) is 1.35. The summed E-state index contributed by atoms with van der Waals surface area (Å²) in [6, 6.07) is 0. The van der Waals surface area contributed by atoms with Gasteiger partial charge >= 0.3 is 5.97 Å². The highest BCUT2D eigenvalue weighted by atomic mass is 16.5. The van der Waals surface area contributed by atoms with E-state index < -0.39 is 12.0 Å². The molecule has 0 aromatic carbocycles. The maximum atomic E-state index is 11.6. The molecule has 1 fully saturated rings. The fourth-order valence-electron chi connectivity index (χ4n) is 2.26. The number of aliphatic hydroxyl groups is 1. The van der Waals surface area contributed by atoms with Crippen molar-refractivity contribution < 1.29 is 19.4 Å². The standard InChI is InChI=1S/C12H22O4/c1-7(2)10(12(14)15-4)11(13)9-6-5-8(3)16-9/h7-11,13H,5-6H2,1-4H3. The number of carbonyl (C=O) groups is 1. The number of aliphatic hydroxyl groups excluding tert-OH is 1. The molecule has 0 saturated carbocycles. The quantitative estimate of drug-likeness (QED) is 0.741. The third kappa shape index (κ3) is 2.95. The molecule has 0 aromatic heterocycles. The minimum Gasteiger partial charge on any atom is -0.469 e. The Kier molecular flexibility index (Phi) is 4.74. The molecule has 4 unspecified atom stereocenters. The van der Waals surface area contributed by atoms with Crippen LogP contribution in [0.25, 0.3) is 0 Å². The van der Waals surface area contributed by atoms with Crippen molar-refractivity contribution in [1.29, 1.82) is 0 Å². The van der Waals surface area contributed by atoms with Crippen LogP contribution in [0.2, 0.25) is 0 Å². The number of hydrogen-bond acceptors (Lipinski definition) is 4. The van der Waals surface area contributed by atoms with Crippen molar-refractivity contribution in [3.63, 3.8) is 0 Å². The zero-order valence-electron chi connectivity index (χ0n) is 10.5. The van der Waals surface area contributed by atoms with Gasteiger partial charge in [0.05, 0.1) is 31.3 Å². The lowest BCUT2D eigenvalue weighted by Gasteiger charge is -2.28. The van der Waals surface area contributed by atoms with Crippen molar-refractivity contribution in [2.75, 3.05) is 7.11 Å². The first-order valence-corrected chi connectivity index (χ1v) is 5.88. The summed E-state index contributed by atoms with van der Waals surface area (Å²) in [5.74, 6) is -0.812. The van der Waals surface area contributed by atoms with Crippen LogP contribution in [0, 0.1) is 11.8 Å². The number of hydrogen-bond donors (Lipinski definition) is 1. The van der Waals surface area contributed by atoms with E-state index in [-0.39, 0.29) is 24.1 Å². The van der Waals surface area contributed by atoms with Gasteiger partial charge in [0.2, 0.25) is 0 Å². The molecule has 0 amide bonds. The molecule has 4 atom stereocenters. The molecule has 1 N–H and O–H groups in total. The van der Waals surface area contributed by atoms with Gasteiger partial charge in [-0.3, -0.25) is 4.79 Å². The largest absolute Gasteiger partial charge is 0.469 e. The first kappa shape index (κ1) is 13.5. The second-order valence-electron chi connectivity index (χ2n) is 4.85. The predicted molar refractivity (Wildman–Crippen MR) is 59.9 cm³/mol. The molecule has 1 rings (SSSR count). The van der Waals surface area contributed by atoms with E-state index in [1.165, 1.54) is 7.11 Å². The number of carbonyl (C=O) groups excluding carboxylic acids is 1. The fourth-order valence-corrected chi connectivity index (χ4v) is 2.26. The average molecular weight is 230 g/mol. The zero-order valence-corrected chi connectivity index (χ0v) is 10.5. The molecule has 1 heterocycles. The monoisotopic (exact) mass is 230 g/mol. The van der Waals surface area contributed by atoms with Crippen LogP contribution in [0.3, 0.4) is 0 Å². The smallest absolute Gasteiger partial charge is 0.311 e. The highest BCUT2D eigenvalue weighted by Gasteiger charge is 2.39. The van der Waals surface area contributed by atoms with Gasteiger partial charge in [-0.1, -0.05) is 13.8 Å². The van der Waals surface area contributed by atoms with Crippen molar-refractivity contribution in [2.45, 2.75) is 51.9 Å². The molecule has 94 valence electrons. The third-order valence-electron chi connectivity index (χ3n) is 3.21. The highest BCUT2D eigenvalue weighted by molar-refractivity contribution is 5.73. The van der Waals surface area contributed by atoms with Crippen LogP contribution < -0.4 is 0 Å². The Balaban J connectivity index is 2.67. The van der Waals surface area contributed by atoms with E-state index in [0.717, 1.165) is 12.8 Å². The summed E-state index contributed by atoms with van der Waals surface area (Å²) >= 11 is 0. The van der Waals surface area contributed by atoms with Gasteiger partial charge in [-0.25, -0.2) is 0 Å². The van der Waals surface area contributed by atoms with E-state index in [1.54, 1.807) is 0 Å². The molecule has 4 nitrogen and oxygen atoms in total. The van der Waals surface area contributed by atoms with E-state index in [9.17, 15) is 9.90 Å². The minimum absolute atomic E-state index is 0.0435. The predicted octanol–water partition coefficient (Wildman–Crippen LogP) is 1.36. The molecular weight excluding hydrogens is 208 g/mol. The molecule has 4 heteroatoms. The van der Waals surface area contributed by atoms with E-state index in [1.807, 2.05) is 20.8 Å². The maximum absolute atomic E-state index is 11.6. The van der Waals surface area contributed by atoms with Gasteiger partial charge in [-0.15, -0.1) is 0 Å². The summed E-state index contributed by atoms with van der Waals surface area (Å²) < 4.78 is 10.3. The van der Waals surface area contributed by atoms with E-state index >= 15 is 0 Å². The van der Waals surface area contributed by atoms with Gasteiger partial charge in [0.15, 0.2) is 0 Å². The number of rotatable bonds is 4. The molecule has 16 heavy (non-hydrogen) atoms. The molecule has 1 aliphatic rings. The van der Waals surface area contributed by atoms with Crippen molar-refractivity contribution in [2.24, 2.45) is 11.8 Å². The van der Waals surface area contributed by atoms with Gasteiger partial charge in [-0.05, 0) is 25.7 Å². The zero-order chi connectivity index (χ0) is 12.3. The van der Waals surface area contributed by atoms with Crippen molar-refractivity contribution in [3.8, 4) is 0 Å². The summed E-state index contributed by atoms with van der Waals surface area (Å²) in [4.78, 5) is 11.6. The van der Waals surface area contributed by atoms with Crippen LogP contribution in [-0.4, -0.2) is 36.5 Å². The maximum Gasteiger partial charge on any atom is 0.311 e. The lowest BCUT2D eigenvalue weighted by molar-refractivity contribution is -0.157. The van der Waals surface area contributed by atoms with Gasteiger partial charge < -0.3 is 14.6 Å². The molecule has 0 spiro atoms. The van der Waals surface area contributed by atoms with Crippen molar-refractivity contribution in [1.82, 2.24) is 0 Å². The number of ether oxygens (including phenoxy) is 2. The lowest BCUT2D eigenvalue weighted by Crippen LogP contribution is -2.41. The first-order valence-electron chi connectivity index (χ1n) is 5.88. The van der Waals surface area contributed by atoms with Crippen molar-refractivity contribution >= 4 is 5.97 Å². The summed E-state index contributed by atoms with van der Waals surface area (Å²) in [6.45, 7) is 5.79. The Morgan fingerprint density at radius 3 is 2.44 bits per heavy atom. The Hall–Kier alpha value is -0.610. The van der Waals surface area contributed by atoms with E-state index in [4.69, 9.17) is 9.47 Å². The SMILES string of the molecule is COC(=O)C(C(C)C)C(O)C1CCC(C)O1. The van der Waals surface area contributed by atoms with Gasteiger partial charge in [0, 0.05) is 0 Å². The topological polar surface area (TPSA) is 55.8 Å². The molecule has 0 aromatic rings. The fraction of sp³-hybridized carbons (Fsp3) is 0.917. The minimum atomic E-state index is -0.766. The Morgan fingerprint density at radius 1 is 1.44 bits per heavy atom. The van der Waals surface area contributed by atoms with Crippen molar-refractivity contribution in [3.05, 3.63) is 0 Å². The normalized spacial score (nSPS) is 29.1. The summed E-state index contributed by atoms with van der Waals surface area (Å²) in [5, 5.41) is 10.2. The molecule has 0 radical (unpaired) electrons. The summed E-state index contributed by atoms with van der Waals surface area (Å²) in [6.07, 6.45) is 0.917. The van der Waals surface area contributed by atoms with Crippen LogP contribution in [0.5, 0.6) is 0 Å². The van der Waals surface area contributed by atoms with E-state index in [2.05, 4.69) is 0 Å². The Labute approximate surface area is 96.9 Å². The van der Waals surface area contributed by atoms with Crippen LogP contribution >= 0.6 is 0 Å². The van der Waals surface area contributed by atoms with Crippen LogP contribution in [0.15, 0.2) is 0 Å². The van der Waals surface area contributed by atoms with Crippen LogP contribution in [0.1, 0.15) is 33.6 Å². The third-order valence-corrected chi connectivity index (χ3v) is 3.21.